The lowest BCUT2D eigenvalue weighted by atomic mass is 10.2. The van der Waals surface area contributed by atoms with Crippen LogP contribution < -0.4 is 5.73 Å². The van der Waals surface area contributed by atoms with Crippen molar-refractivity contribution in [1.29, 1.82) is 0 Å². The number of nitrogens with zero attached hydrogens (tertiary/aromatic N) is 1. The molecule has 0 spiro atoms. The number of amides is 1. The maximum Gasteiger partial charge on any atom is 0.255 e. The van der Waals surface area contributed by atoms with E-state index in [1.807, 2.05) is 0 Å². The van der Waals surface area contributed by atoms with Gasteiger partial charge in [0.25, 0.3) is 5.91 Å². The van der Waals surface area contributed by atoms with E-state index in [2.05, 4.69) is 15.9 Å². The van der Waals surface area contributed by atoms with E-state index >= 15 is 0 Å². The number of likely N-dealkylation sites (N-methyl/N-ethyl adjacent to an activating group) is 1. The van der Waals surface area contributed by atoms with Gasteiger partial charge in [0.1, 0.15) is 0 Å². The first-order chi connectivity index (χ1) is 7.43. The Morgan fingerprint density at radius 1 is 1.62 bits per heavy atom. The van der Waals surface area contributed by atoms with Crippen molar-refractivity contribution in [1.82, 2.24) is 4.90 Å². The molecule has 0 heterocycles. The Kier molecular flexibility index (Phi) is 4.70. The molecule has 0 unspecified atom stereocenters. The van der Waals surface area contributed by atoms with Crippen LogP contribution in [0.5, 0.6) is 0 Å². The van der Waals surface area contributed by atoms with Gasteiger partial charge in [-0.1, -0.05) is 29.9 Å². The summed E-state index contributed by atoms with van der Waals surface area (Å²) in [7, 11) is 1.62. The Morgan fingerprint density at radius 2 is 2.25 bits per heavy atom. The first-order valence-electron chi connectivity index (χ1n) is 4.41. The molecule has 2 N–H and O–H groups in total. The van der Waals surface area contributed by atoms with Gasteiger partial charge in [-0.3, -0.25) is 4.79 Å². The van der Waals surface area contributed by atoms with Gasteiger partial charge in [-0.05, 0) is 28.1 Å². The molecule has 0 bridgehead atoms. The molecular weight excluding hydrogens is 312 g/mol. The normalized spacial score (nSPS) is 9.94. The van der Waals surface area contributed by atoms with Crippen molar-refractivity contribution in [2.75, 3.05) is 13.6 Å². The SMILES string of the molecule is CN(CC(N)=S)C(=O)c1cccc(Br)c1Cl. The molecule has 0 aromatic heterocycles. The van der Waals surface area contributed by atoms with Crippen LogP contribution in [-0.2, 0) is 0 Å². The molecule has 0 fully saturated rings. The second-order valence-corrected chi connectivity index (χ2v) is 4.99. The average molecular weight is 322 g/mol. The third-order valence-corrected chi connectivity index (χ3v) is 3.35. The van der Waals surface area contributed by atoms with Gasteiger partial charge in [0.15, 0.2) is 0 Å². The van der Waals surface area contributed by atoms with Gasteiger partial charge >= 0.3 is 0 Å². The van der Waals surface area contributed by atoms with E-state index < -0.39 is 0 Å². The summed E-state index contributed by atoms with van der Waals surface area (Å²) in [5.74, 6) is -0.209. The number of rotatable bonds is 3. The molecule has 0 atom stereocenters. The third-order valence-electron chi connectivity index (χ3n) is 1.92. The minimum atomic E-state index is -0.209. The van der Waals surface area contributed by atoms with Crippen LogP contribution in [0.1, 0.15) is 10.4 Å². The van der Waals surface area contributed by atoms with Gasteiger partial charge in [0.05, 0.1) is 22.1 Å². The van der Waals surface area contributed by atoms with Gasteiger partial charge in [-0.25, -0.2) is 0 Å². The Morgan fingerprint density at radius 3 is 2.81 bits per heavy atom. The fraction of sp³-hybridized carbons (Fsp3) is 0.200. The summed E-state index contributed by atoms with van der Waals surface area (Å²) in [6, 6.07) is 5.18. The highest BCUT2D eigenvalue weighted by Gasteiger charge is 2.16. The number of halogens is 2. The van der Waals surface area contributed by atoms with Crippen molar-refractivity contribution in [2.45, 2.75) is 0 Å². The maximum atomic E-state index is 12.0. The van der Waals surface area contributed by atoms with Gasteiger partial charge in [0.2, 0.25) is 0 Å². The molecule has 1 aromatic rings. The number of carbonyl (C=O) groups is 1. The molecule has 86 valence electrons. The summed E-state index contributed by atoms with van der Waals surface area (Å²) < 4.78 is 0.684. The van der Waals surface area contributed by atoms with Crippen LogP contribution in [0.15, 0.2) is 22.7 Å². The number of hydrogen-bond acceptors (Lipinski definition) is 2. The average Bonchev–Trinajstić information content (AvgIpc) is 2.20. The standard InChI is InChI=1S/C10H10BrClN2OS/c1-14(5-8(13)16)10(15)6-3-2-4-7(11)9(6)12/h2-4H,5H2,1H3,(H2,13,16). The molecule has 0 aliphatic rings. The van der Waals surface area contributed by atoms with E-state index in [4.69, 9.17) is 29.6 Å². The first-order valence-corrected chi connectivity index (χ1v) is 5.99. The molecule has 0 radical (unpaired) electrons. The van der Waals surface area contributed by atoms with Crippen molar-refractivity contribution >= 4 is 50.6 Å². The molecule has 16 heavy (non-hydrogen) atoms. The van der Waals surface area contributed by atoms with Gasteiger partial charge in [-0.2, -0.15) is 0 Å². The number of carbonyl (C=O) groups excluding carboxylic acids is 1. The largest absolute Gasteiger partial charge is 0.392 e. The second-order valence-electron chi connectivity index (χ2n) is 3.23. The van der Waals surface area contributed by atoms with E-state index in [0.717, 1.165) is 0 Å². The summed E-state index contributed by atoms with van der Waals surface area (Å²) in [6.07, 6.45) is 0. The minimum absolute atomic E-state index is 0.209. The summed E-state index contributed by atoms with van der Waals surface area (Å²) in [5.41, 5.74) is 5.80. The van der Waals surface area contributed by atoms with Gasteiger partial charge < -0.3 is 10.6 Å². The van der Waals surface area contributed by atoms with E-state index in [0.29, 0.717) is 15.1 Å². The third kappa shape index (κ3) is 3.17. The summed E-state index contributed by atoms with van der Waals surface area (Å²) >= 11 is 14.0. The molecular formula is C10H10BrClN2OS. The second kappa shape index (κ2) is 5.61. The lowest BCUT2D eigenvalue weighted by molar-refractivity contribution is 0.0815. The van der Waals surface area contributed by atoms with Crippen molar-refractivity contribution < 1.29 is 4.79 Å². The Labute approximate surface area is 113 Å². The summed E-state index contributed by atoms with van der Waals surface area (Å²) in [6.45, 7) is 0.233. The molecule has 0 saturated carbocycles. The zero-order valence-corrected chi connectivity index (χ0v) is 11.7. The topological polar surface area (TPSA) is 46.3 Å². The Balaban J connectivity index is 2.96. The van der Waals surface area contributed by atoms with E-state index in [9.17, 15) is 4.79 Å². The van der Waals surface area contributed by atoms with Crippen molar-refractivity contribution in [2.24, 2.45) is 5.73 Å². The Hall–Kier alpha value is -0.650. The molecule has 1 rings (SSSR count). The summed E-state index contributed by atoms with van der Waals surface area (Å²) in [5, 5.41) is 0.391. The van der Waals surface area contributed by atoms with Crippen LogP contribution in [0, 0.1) is 0 Å². The smallest absolute Gasteiger partial charge is 0.255 e. The lowest BCUT2D eigenvalue weighted by Gasteiger charge is -2.17. The van der Waals surface area contributed by atoms with Crippen molar-refractivity contribution in [3.8, 4) is 0 Å². The number of thiocarbonyl (C=S) groups is 1. The predicted octanol–water partition coefficient (Wildman–Crippen LogP) is 2.46. The highest BCUT2D eigenvalue weighted by molar-refractivity contribution is 9.10. The van der Waals surface area contributed by atoms with E-state index in [1.165, 1.54) is 4.90 Å². The quantitative estimate of drug-likeness (QED) is 0.870. The maximum absolute atomic E-state index is 12.0. The van der Waals surface area contributed by atoms with E-state index in [-0.39, 0.29) is 17.4 Å². The first kappa shape index (κ1) is 13.4. The fourth-order valence-electron chi connectivity index (χ4n) is 1.18. The van der Waals surface area contributed by atoms with Crippen LogP contribution in [0.2, 0.25) is 5.02 Å². The zero-order chi connectivity index (χ0) is 12.3. The van der Waals surface area contributed by atoms with Crippen LogP contribution in [-0.4, -0.2) is 29.4 Å². The van der Waals surface area contributed by atoms with Gasteiger partial charge in [0, 0.05) is 11.5 Å². The Bertz CT molecular complexity index is 439. The molecule has 1 amide bonds. The van der Waals surface area contributed by atoms with Crippen LogP contribution in [0.25, 0.3) is 0 Å². The van der Waals surface area contributed by atoms with Crippen molar-refractivity contribution in [3.05, 3.63) is 33.3 Å². The monoisotopic (exact) mass is 320 g/mol. The van der Waals surface area contributed by atoms with Crippen LogP contribution in [0.3, 0.4) is 0 Å². The molecule has 3 nitrogen and oxygen atoms in total. The summed E-state index contributed by atoms with van der Waals surface area (Å²) in [4.78, 5) is 13.7. The van der Waals surface area contributed by atoms with Gasteiger partial charge in [-0.15, -0.1) is 0 Å². The molecule has 0 aliphatic heterocycles. The molecule has 0 saturated heterocycles. The van der Waals surface area contributed by atoms with E-state index in [1.54, 1.807) is 25.2 Å². The lowest BCUT2D eigenvalue weighted by Crippen LogP contribution is -2.34. The number of benzene rings is 1. The zero-order valence-electron chi connectivity index (χ0n) is 8.54. The van der Waals surface area contributed by atoms with Crippen LogP contribution >= 0.6 is 39.7 Å². The predicted molar refractivity (Wildman–Crippen MR) is 72.9 cm³/mol. The van der Waals surface area contributed by atoms with Crippen LogP contribution in [0.4, 0.5) is 0 Å². The number of nitrogens with two attached hydrogens (primary N) is 1. The molecule has 1 aromatic carbocycles. The minimum Gasteiger partial charge on any atom is -0.392 e. The fourth-order valence-corrected chi connectivity index (χ4v) is 1.95. The molecule has 6 heteroatoms. The molecule has 0 aliphatic carbocycles. The number of hydrogen-bond donors (Lipinski definition) is 1. The highest BCUT2D eigenvalue weighted by atomic mass is 79.9. The highest BCUT2D eigenvalue weighted by Crippen LogP contribution is 2.26. The van der Waals surface area contributed by atoms with Crippen molar-refractivity contribution in [3.63, 3.8) is 0 Å².